The van der Waals surface area contributed by atoms with Gasteiger partial charge in [-0.2, -0.15) is 11.8 Å². The van der Waals surface area contributed by atoms with E-state index >= 15 is 0 Å². The highest BCUT2D eigenvalue weighted by atomic mass is 32.2. The van der Waals surface area contributed by atoms with Crippen LogP contribution in [0.3, 0.4) is 0 Å². The fourth-order valence-electron chi connectivity index (χ4n) is 1.70. The summed E-state index contributed by atoms with van der Waals surface area (Å²) < 4.78 is 0. The number of hydrogen-bond donors (Lipinski definition) is 1. The van der Waals surface area contributed by atoms with E-state index in [0.29, 0.717) is 17.0 Å². The Labute approximate surface area is 92.5 Å². The lowest BCUT2D eigenvalue weighted by Gasteiger charge is -2.29. The Morgan fingerprint density at radius 1 is 1.50 bits per heavy atom. The van der Waals surface area contributed by atoms with Crippen LogP contribution in [-0.4, -0.2) is 40.3 Å². The van der Waals surface area contributed by atoms with Crippen LogP contribution in [-0.2, 0) is 4.79 Å². The summed E-state index contributed by atoms with van der Waals surface area (Å²) in [6.45, 7) is 2.53. The van der Waals surface area contributed by atoms with Crippen LogP contribution in [0.25, 0.3) is 0 Å². The van der Waals surface area contributed by atoms with Crippen LogP contribution in [0.2, 0.25) is 0 Å². The van der Waals surface area contributed by atoms with Crippen LogP contribution in [0.15, 0.2) is 4.99 Å². The summed E-state index contributed by atoms with van der Waals surface area (Å²) in [4.78, 5) is 15.3. The van der Waals surface area contributed by atoms with Gasteiger partial charge < -0.3 is 5.32 Å². The van der Waals surface area contributed by atoms with Crippen molar-refractivity contribution in [3.05, 3.63) is 0 Å². The highest BCUT2D eigenvalue weighted by Crippen LogP contribution is 2.34. The molecular weight excluding hydrogens is 216 g/mol. The monoisotopic (exact) mass is 230 g/mol. The molecule has 0 bridgehead atoms. The summed E-state index contributed by atoms with van der Waals surface area (Å²) in [5.74, 6) is 3.35. The predicted molar refractivity (Wildman–Crippen MR) is 63.2 cm³/mol. The highest BCUT2D eigenvalue weighted by molar-refractivity contribution is 8.07. The van der Waals surface area contributed by atoms with E-state index in [1.165, 1.54) is 11.5 Å². The molecular formula is C9H14N2OS2. The normalized spacial score (nSPS) is 32.6. The number of carbonyl (C=O) groups is 1. The molecule has 0 aromatic rings. The second-order valence-electron chi connectivity index (χ2n) is 3.36. The first-order chi connectivity index (χ1) is 6.81. The van der Waals surface area contributed by atoms with Gasteiger partial charge in [0.25, 0.3) is 0 Å². The largest absolute Gasteiger partial charge is 0.312 e. The minimum atomic E-state index is 0.0472. The van der Waals surface area contributed by atoms with Gasteiger partial charge in [0.2, 0.25) is 5.91 Å². The van der Waals surface area contributed by atoms with Crippen molar-refractivity contribution in [1.29, 1.82) is 0 Å². The van der Waals surface area contributed by atoms with Crippen molar-refractivity contribution in [3.8, 4) is 0 Å². The van der Waals surface area contributed by atoms with Crippen molar-refractivity contribution >= 4 is 35.3 Å². The topological polar surface area (TPSA) is 41.5 Å². The molecule has 1 fully saturated rings. The lowest BCUT2D eigenvalue weighted by atomic mass is 10.2. The van der Waals surface area contributed by atoms with Crippen molar-refractivity contribution in [2.24, 2.45) is 4.99 Å². The number of thioether (sulfide) groups is 2. The van der Waals surface area contributed by atoms with Gasteiger partial charge in [0, 0.05) is 16.8 Å². The maximum atomic E-state index is 11.0. The molecule has 78 valence electrons. The van der Waals surface area contributed by atoms with Gasteiger partial charge in [0.05, 0.1) is 5.25 Å². The molecule has 2 unspecified atom stereocenters. The number of nitrogens with one attached hydrogen (secondary N) is 1. The molecule has 2 aliphatic rings. The molecule has 2 aliphatic heterocycles. The SMILES string of the molecule is CCC1SCCSC1C1=NCC(=O)N1. The van der Waals surface area contributed by atoms with Gasteiger partial charge in [-0.05, 0) is 6.42 Å². The van der Waals surface area contributed by atoms with Crippen LogP contribution in [0, 0.1) is 0 Å². The Morgan fingerprint density at radius 3 is 2.93 bits per heavy atom. The molecule has 0 radical (unpaired) electrons. The zero-order valence-corrected chi connectivity index (χ0v) is 9.79. The maximum Gasteiger partial charge on any atom is 0.247 e. The van der Waals surface area contributed by atoms with Gasteiger partial charge in [-0.25, -0.2) is 0 Å². The standard InChI is InChI=1S/C9H14N2OS2/c1-2-6-8(14-4-3-13-6)9-10-5-7(12)11-9/h6,8H,2-5H2,1H3,(H,10,11,12). The van der Waals surface area contributed by atoms with Gasteiger partial charge in [-0.3, -0.25) is 9.79 Å². The molecule has 0 spiro atoms. The minimum absolute atomic E-state index is 0.0472. The third-order valence-electron chi connectivity index (χ3n) is 2.38. The van der Waals surface area contributed by atoms with Crippen molar-refractivity contribution in [2.45, 2.75) is 23.8 Å². The average Bonchev–Trinajstić information content (AvgIpc) is 2.65. The minimum Gasteiger partial charge on any atom is -0.312 e. The van der Waals surface area contributed by atoms with Crippen molar-refractivity contribution in [3.63, 3.8) is 0 Å². The van der Waals surface area contributed by atoms with Gasteiger partial charge in [0.15, 0.2) is 0 Å². The van der Waals surface area contributed by atoms with Crippen LogP contribution in [0.1, 0.15) is 13.3 Å². The number of hydrogen-bond acceptors (Lipinski definition) is 4. The predicted octanol–water partition coefficient (Wildman–Crippen LogP) is 1.14. The summed E-state index contributed by atoms with van der Waals surface area (Å²) in [5, 5.41) is 3.89. The third kappa shape index (κ3) is 2.08. The summed E-state index contributed by atoms with van der Waals surface area (Å²) in [5.41, 5.74) is 0. The quantitative estimate of drug-likeness (QED) is 0.773. The van der Waals surface area contributed by atoms with Gasteiger partial charge in [0.1, 0.15) is 12.4 Å². The fraction of sp³-hybridized carbons (Fsp3) is 0.778. The Morgan fingerprint density at radius 2 is 2.29 bits per heavy atom. The van der Waals surface area contributed by atoms with Gasteiger partial charge in [-0.15, -0.1) is 11.8 Å². The molecule has 0 aliphatic carbocycles. The molecule has 2 rings (SSSR count). The molecule has 0 aromatic carbocycles. The smallest absolute Gasteiger partial charge is 0.247 e. The maximum absolute atomic E-state index is 11.0. The van der Waals surface area contributed by atoms with E-state index in [9.17, 15) is 4.79 Å². The molecule has 0 aromatic heterocycles. The first kappa shape index (κ1) is 10.4. The Bertz CT molecular complexity index is 268. The lowest BCUT2D eigenvalue weighted by molar-refractivity contribution is -0.117. The van der Waals surface area contributed by atoms with Crippen LogP contribution in [0.4, 0.5) is 0 Å². The number of amides is 1. The van der Waals surface area contributed by atoms with E-state index in [1.807, 2.05) is 23.5 Å². The number of amidine groups is 1. The van der Waals surface area contributed by atoms with E-state index in [-0.39, 0.29) is 5.91 Å². The fourth-order valence-corrected chi connectivity index (χ4v) is 4.73. The first-order valence-corrected chi connectivity index (χ1v) is 6.98. The highest BCUT2D eigenvalue weighted by Gasteiger charge is 2.32. The summed E-state index contributed by atoms with van der Waals surface area (Å²) in [6.07, 6.45) is 1.15. The summed E-state index contributed by atoms with van der Waals surface area (Å²) in [6, 6.07) is 0. The molecule has 1 amide bonds. The van der Waals surface area contributed by atoms with Gasteiger partial charge >= 0.3 is 0 Å². The Hall–Kier alpha value is -0.160. The third-order valence-corrected chi connectivity index (χ3v) is 5.64. The summed E-state index contributed by atoms with van der Waals surface area (Å²) in [7, 11) is 0. The molecule has 14 heavy (non-hydrogen) atoms. The number of rotatable bonds is 2. The molecule has 5 heteroatoms. The first-order valence-electron chi connectivity index (χ1n) is 4.88. The van der Waals surface area contributed by atoms with Crippen LogP contribution < -0.4 is 5.32 Å². The van der Waals surface area contributed by atoms with E-state index in [4.69, 9.17) is 0 Å². The Balaban J connectivity index is 2.04. The zero-order chi connectivity index (χ0) is 9.97. The average molecular weight is 230 g/mol. The van der Waals surface area contributed by atoms with Crippen LogP contribution in [0.5, 0.6) is 0 Å². The van der Waals surface area contributed by atoms with Gasteiger partial charge in [-0.1, -0.05) is 6.92 Å². The van der Waals surface area contributed by atoms with Crippen LogP contribution >= 0.6 is 23.5 Å². The van der Waals surface area contributed by atoms with E-state index in [0.717, 1.165) is 12.3 Å². The number of nitrogens with zero attached hydrogens (tertiary/aromatic N) is 1. The number of carbonyl (C=O) groups excluding carboxylic acids is 1. The molecule has 1 N–H and O–H groups in total. The second kappa shape index (κ2) is 4.57. The van der Waals surface area contributed by atoms with E-state index in [2.05, 4.69) is 17.2 Å². The molecule has 3 nitrogen and oxygen atoms in total. The van der Waals surface area contributed by atoms with Crippen molar-refractivity contribution < 1.29 is 4.79 Å². The molecule has 2 atom stereocenters. The zero-order valence-electron chi connectivity index (χ0n) is 8.16. The van der Waals surface area contributed by atoms with Crippen molar-refractivity contribution in [1.82, 2.24) is 5.32 Å². The lowest BCUT2D eigenvalue weighted by Crippen LogP contribution is -2.40. The molecule has 1 saturated heterocycles. The van der Waals surface area contributed by atoms with E-state index in [1.54, 1.807) is 0 Å². The van der Waals surface area contributed by atoms with E-state index < -0.39 is 0 Å². The number of aliphatic imine (C=N–C) groups is 1. The molecule has 0 saturated carbocycles. The molecule has 2 heterocycles. The second-order valence-corrected chi connectivity index (χ2v) is 5.96. The summed E-state index contributed by atoms with van der Waals surface area (Å²) >= 11 is 3.94. The Kier molecular flexibility index (Phi) is 3.38. The van der Waals surface area contributed by atoms with Crippen molar-refractivity contribution in [2.75, 3.05) is 18.1 Å².